The van der Waals surface area contributed by atoms with Gasteiger partial charge >= 0.3 is 0 Å². The molecular formula is C13H23ClN4O. The summed E-state index contributed by atoms with van der Waals surface area (Å²) < 4.78 is 1.78. The van der Waals surface area contributed by atoms with Crippen molar-refractivity contribution in [3.63, 3.8) is 0 Å². The van der Waals surface area contributed by atoms with Crippen molar-refractivity contribution in [1.82, 2.24) is 20.4 Å². The first kappa shape index (κ1) is 16.0. The van der Waals surface area contributed by atoms with Crippen molar-refractivity contribution in [2.45, 2.75) is 25.7 Å². The molecule has 0 spiro atoms. The van der Waals surface area contributed by atoms with Gasteiger partial charge in [0.1, 0.15) is 0 Å². The Balaban J connectivity index is 0.00000180. The average Bonchev–Trinajstić information content (AvgIpc) is 2.98. The van der Waals surface area contributed by atoms with Crippen molar-refractivity contribution in [2.24, 2.45) is 13.0 Å². The molecule has 1 aliphatic rings. The van der Waals surface area contributed by atoms with Crippen LogP contribution in [0.4, 0.5) is 0 Å². The number of carbonyl (C=O) groups is 1. The topological polar surface area (TPSA) is 59.0 Å². The van der Waals surface area contributed by atoms with Crippen LogP contribution in [0.3, 0.4) is 0 Å². The van der Waals surface area contributed by atoms with Crippen LogP contribution < -0.4 is 10.6 Å². The molecule has 1 saturated heterocycles. The molecule has 0 bridgehead atoms. The van der Waals surface area contributed by atoms with Crippen LogP contribution in [-0.2, 0) is 18.3 Å². The summed E-state index contributed by atoms with van der Waals surface area (Å²) in [6.45, 7) is 2.88. The van der Waals surface area contributed by atoms with E-state index < -0.39 is 0 Å². The summed E-state index contributed by atoms with van der Waals surface area (Å²) in [6.07, 6.45) is 7.55. The van der Waals surface area contributed by atoms with Gasteiger partial charge in [0.2, 0.25) is 5.91 Å². The molecule has 2 heterocycles. The quantitative estimate of drug-likeness (QED) is 0.817. The van der Waals surface area contributed by atoms with Gasteiger partial charge in [0, 0.05) is 26.2 Å². The highest BCUT2D eigenvalue weighted by Gasteiger charge is 2.15. The molecule has 108 valence electrons. The minimum Gasteiger partial charge on any atom is -0.356 e. The predicted molar refractivity (Wildman–Crippen MR) is 77.4 cm³/mol. The van der Waals surface area contributed by atoms with Gasteiger partial charge in [-0.15, -0.1) is 12.4 Å². The van der Waals surface area contributed by atoms with Crippen molar-refractivity contribution in [3.05, 3.63) is 18.0 Å². The number of aromatic nitrogens is 2. The lowest BCUT2D eigenvalue weighted by molar-refractivity contribution is -0.121. The Morgan fingerprint density at radius 1 is 1.63 bits per heavy atom. The molecule has 0 saturated carbocycles. The number of amides is 1. The summed E-state index contributed by atoms with van der Waals surface area (Å²) in [7, 11) is 1.90. The average molecular weight is 287 g/mol. The Morgan fingerprint density at radius 2 is 2.47 bits per heavy atom. The van der Waals surface area contributed by atoms with E-state index in [2.05, 4.69) is 15.7 Å². The van der Waals surface area contributed by atoms with E-state index in [1.807, 2.05) is 19.4 Å². The molecule has 5 nitrogen and oxygen atoms in total. The van der Waals surface area contributed by atoms with Gasteiger partial charge in [0.15, 0.2) is 0 Å². The van der Waals surface area contributed by atoms with Crippen molar-refractivity contribution >= 4 is 18.3 Å². The molecule has 0 radical (unpaired) electrons. The second-order valence-electron chi connectivity index (χ2n) is 5.02. The fourth-order valence-corrected chi connectivity index (χ4v) is 2.33. The number of hydrogen-bond donors (Lipinski definition) is 2. The van der Waals surface area contributed by atoms with E-state index in [9.17, 15) is 4.79 Å². The third kappa shape index (κ3) is 5.61. The van der Waals surface area contributed by atoms with Gasteiger partial charge < -0.3 is 10.6 Å². The van der Waals surface area contributed by atoms with Crippen LogP contribution in [0.25, 0.3) is 0 Å². The lowest BCUT2D eigenvalue weighted by Gasteiger charge is -2.08. The van der Waals surface area contributed by atoms with Crippen molar-refractivity contribution in [1.29, 1.82) is 0 Å². The van der Waals surface area contributed by atoms with Crippen LogP contribution in [0.5, 0.6) is 0 Å². The van der Waals surface area contributed by atoms with Crippen LogP contribution in [0.2, 0.25) is 0 Å². The number of halogens is 1. The van der Waals surface area contributed by atoms with E-state index >= 15 is 0 Å². The van der Waals surface area contributed by atoms with Crippen LogP contribution in [0, 0.1) is 5.92 Å². The van der Waals surface area contributed by atoms with Crippen molar-refractivity contribution in [3.8, 4) is 0 Å². The molecule has 19 heavy (non-hydrogen) atoms. The molecule has 0 aliphatic carbocycles. The van der Waals surface area contributed by atoms with E-state index in [0.717, 1.165) is 31.5 Å². The molecule has 0 aromatic carbocycles. The van der Waals surface area contributed by atoms with Crippen molar-refractivity contribution < 1.29 is 4.79 Å². The number of rotatable bonds is 6. The highest BCUT2D eigenvalue weighted by Crippen LogP contribution is 2.13. The maximum absolute atomic E-state index is 11.6. The molecule has 6 heteroatoms. The number of hydrogen-bond acceptors (Lipinski definition) is 3. The molecule has 2 N–H and O–H groups in total. The number of aryl methyl sites for hydroxylation is 1. The van der Waals surface area contributed by atoms with Crippen LogP contribution in [0.15, 0.2) is 12.4 Å². The Bertz CT molecular complexity index is 388. The normalized spacial score (nSPS) is 18.1. The van der Waals surface area contributed by atoms with Crippen LogP contribution in [-0.4, -0.2) is 35.3 Å². The Labute approximate surface area is 120 Å². The molecule has 2 rings (SSSR count). The summed E-state index contributed by atoms with van der Waals surface area (Å²) >= 11 is 0. The Morgan fingerprint density at radius 3 is 3.11 bits per heavy atom. The predicted octanol–water partition coefficient (Wildman–Crippen LogP) is 0.890. The maximum atomic E-state index is 11.6. The molecule has 1 amide bonds. The second-order valence-corrected chi connectivity index (χ2v) is 5.02. The first-order valence-corrected chi connectivity index (χ1v) is 6.69. The molecule has 1 unspecified atom stereocenters. The summed E-state index contributed by atoms with van der Waals surface area (Å²) in [5.74, 6) is 0.861. The van der Waals surface area contributed by atoms with Gasteiger partial charge in [0.25, 0.3) is 0 Å². The fourth-order valence-electron chi connectivity index (χ4n) is 2.33. The summed E-state index contributed by atoms with van der Waals surface area (Å²) in [4.78, 5) is 11.6. The highest BCUT2D eigenvalue weighted by molar-refractivity contribution is 5.85. The van der Waals surface area contributed by atoms with E-state index in [0.29, 0.717) is 18.9 Å². The zero-order valence-corrected chi connectivity index (χ0v) is 12.2. The first-order valence-electron chi connectivity index (χ1n) is 6.69. The number of nitrogens with one attached hydrogen (secondary N) is 2. The molecule has 1 atom stereocenters. The minimum atomic E-state index is 0. The van der Waals surface area contributed by atoms with Crippen LogP contribution >= 0.6 is 12.4 Å². The third-order valence-corrected chi connectivity index (χ3v) is 3.44. The lowest BCUT2D eigenvalue weighted by atomic mass is 10.0. The van der Waals surface area contributed by atoms with E-state index in [-0.39, 0.29) is 18.3 Å². The zero-order chi connectivity index (χ0) is 12.8. The molecule has 1 aliphatic heterocycles. The monoisotopic (exact) mass is 286 g/mol. The zero-order valence-electron chi connectivity index (χ0n) is 11.4. The number of nitrogens with zero attached hydrogens (tertiary/aromatic N) is 2. The van der Waals surface area contributed by atoms with E-state index in [4.69, 9.17) is 0 Å². The fraction of sp³-hybridized carbons (Fsp3) is 0.692. The highest BCUT2D eigenvalue weighted by atomic mass is 35.5. The summed E-state index contributed by atoms with van der Waals surface area (Å²) in [5, 5.41) is 10.4. The van der Waals surface area contributed by atoms with E-state index in [1.165, 1.54) is 6.42 Å². The molecule has 1 fully saturated rings. The molecule has 1 aromatic rings. The maximum Gasteiger partial charge on any atom is 0.220 e. The van der Waals surface area contributed by atoms with Gasteiger partial charge in [-0.1, -0.05) is 0 Å². The van der Waals surface area contributed by atoms with Crippen LogP contribution in [0.1, 0.15) is 24.8 Å². The van der Waals surface area contributed by atoms with Gasteiger partial charge in [-0.25, -0.2) is 0 Å². The number of carbonyl (C=O) groups excluding carboxylic acids is 1. The molecular weight excluding hydrogens is 264 g/mol. The SMILES string of the molecule is Cl.Cn1cc(CCNC(=O)CCC2CCNC2)cn1. The summed E-state index contributed by atoms with van der Waals surface area (Å²) in [5.41, 5.74) is 1.16. The largest absolute Gasteiger partial charge is 0.356 e. The second kappa shape index (κ2) is 8.17. The molecule has 1 aromatic heterocycles. The Kier molecular flexibility index (Phi) is 6.87. The van der Waals surface area contributed by atoms with Gasteiger partial charge in [-0.05, 0) is 43.8 Å². The Hall–Kier alpha value is -1.07. The van der Waals surface area contributed by atoms with Crippen molar-refractivity contribution in [2.75, 3.05) is 19.6 Å². The smallest absolute Gasteiger partial charge is 0.220 e. The minimum absolute atomic E-state index is 0. The van der Waals surface area contributed by atoms with Gasteiger partial charge in [-0.3, -0.25) is 9.48 Å². The lowest BCUT2D eigenvalue weighted by Crippen LogP contribution is -2.26. The summed E-state index contributed by atoms with van der Waals surface area (Å²) in [6, 6.07) is 0. The van der Waals surface area contributed by atoms with Gasteiger partial charge in [-0.2, -0.15) is 5.10 Å². The third-order valence-electron chi connectivity index (χ3n) is 3.44. The van der Waals surface area contributed by atoms with Gasteiger partial charge in [0.05, 0.1) is 6.20 Å². The standard InChI is InChI=1S/C13H22N4O.ClH/c1-17-10-12(9-16-17)5-7-15-13(18)3-2-11-4-6-14-8-11;/h9-11,14H,2-8H2,1H3,(H,15,18);1H. The first-order chi connectivity index (χ1) is 8.74. The van der Waals surface area contributed by atoms with E-state index in [1.54, 1.807) is 4.68 Å².